The lowest BCUT2D eigenvalue weighted by Gasteiger charge is -2.11. The van der Waals surface area contributed by atoms with Gasteiger partial charge in [0.1, 0.15) is 11.6 Å². The number of rotatable bonds is 5. The Morgan fingerprint density at radius 1 is 1.44 bits per heavy atom. The number of thiazole rings is 1. The summed E-state index contributed by atoms with van der Waals surface area (Å²) in [4.78, 5) is 15.3. The Kier molecular flexibility index (Phi) is 3.94. The number of benzene rings is 1. The largest absolute Gasteiger partial charge is 0.493 e. The SMILES string of the molecule is COc1cccc(C=O)c1OCc1nc(C)cs1. The summed E-state index contributed by atoms with van der Waals surface area (Å²) in [5.74, 6) is 1.01. The maximum atomic E-state index is 11.0. The molecule has 0 aliphatic carbocycles. The summed E-state index contributed by atoms with van der Waals surface area (Å²) >= 11 is 1.53. The molecule has 2 rings (SSSR count). The van der Waals surface area contributed by atoms with Gasteiger partial charge in [0.05, 0.1) is 12.7 Å². The maximum Gasteiger partial charge on any atom is 0.172 e. The number of methoxy groups -OCH3 is 1. The van der Waals surface area contributed by atoms with E-state index in [2.05, 4.69) is 4.98 Å². The third-order valence-electron chi connectivity index (χ3n) is 2.36. The number of aromatic nitrogens is 1. The van der Waals surface area contributed by atoms with E-state index in [-0.39, 0.29) is 0 Å². The molecule has 0 atom stereocenters. The lowest BCUT2D eigenvalue weighted by Crippen LogP contribution is -2.00. The van der Waals surface area contributed by atoms with E-state index in [9.17, 15) is 4.79 Å². The predicted molar refractivity (Wildman–Crippen MR) is 69.6 cm³/mol. The van der Waals surface area contributed by atoms with Gasteiger partial charge in [-0.2, -0.15) is 0 Å². The van der Waals surface area contributed by atoms with Crippen molar-refractivity contribution in [3.05, 3.63) is 39.8 Å². The number of hydrogen-bond acceptors (Lipinski definition) is 5. The summed E-state index contributed by atoms with van der Waals surface area (Å²) in [5, 5.41) is 2.83. The molecule has 0 aliphatic rings. The monoisotopic (exact) mass is 263 g/mol. The number of hydrogen-bond donors (Lipinski definition) is 0. The number of carbonyl (C=O) groups is 1. The van der Waals surface area contributed by atoms with Crippen LogP contribution in [0.5, 0.6) is 11.5 Å². The highest BCUT2D eigenvalue weighted by molar-refractivity contribution is 7.09. The molecule has 0 fully saturated rings. The van der Waals surface area contributed by atoms with Gasteiger partial charge in [0.2, 0.25) is 0 Å². The van der Waals surface area contributed by atoms with Crippen LogP contribution in [0.25, 0.3) is 0 Å². The molecule has 0 bridgehead atoms. The van der Waals surface area contributed by atoms with Gasteiger partial charge in [-0.05, 0) is 19.1 Å². The van der Waals surface area contributed by atoms with Crippen molar-refractivity contribution < 1.29 is 14.3 Å². The predicted octanol–water partition coefficient (Wildman–Crippen LogP) is 2.85. The highest BCUT2D eigenvalue weighted by Gasteiger charge is 2.11. The quantitative estimate of drug-likeness (QED) is 0.778. The van der Waals surface area contributed by atoms with Crippen LogP contribution in [0.15, 0.2) is 23.6 Å². The Labute approximate surface area is 109 Å². The zero-order valence-corrected chi connectivity index (χ0v) is 11.0. The van der Waals surface area contributed by atoms with Crippen LogP contribution in [0.1, 0.15) is 21.1 Å². The highest BCUT2D eigenvalue weighted by Crippen LogP contribution is 2.30. The summed E-state index contributed by atoms with van der Waals surface area (Å²) in [6, 6.07) is 5.20. The van der Waals surface area contributed by atoms with Gasteiger partial charge in [0.25, 0.3) is 0 Å². The minimum Gasteiger partial charge on any atom is -0.493 e. The van der Waals surface area contributed by atoms with E-state index in [1.54, 1.807) is 25.3 Å². The van der Waals surface area contributed by atoms with Crippen molar-refractivity contribution in [2.45, 2.75) is 13.5 Å². The maximum absolute atomic E-state index is 11.0. The zero-order valence-electron chi connectivity index (χ0n) is 10.2. The van der Waals surface area contributed by atoms with E-state index in [4.69, 9.17) is 9.47 Å². The lowest BCUT2D eigenvalue weighted by molar-refractivity contribution is 0.111. The first-order valence-corrected chi connectivity index (χ1v) is 6.28. The summed E-state index contributed by atoms with van der Waals surface area (Å²) in [6.07, 6.45) is 0.755. The van der Waals surface area contributed by atoms with Gasteiger partial charge in [-0.15, -0.1) is 11.3 Å². The third-order valence-corrected chi connectivity index (χ3v) is 3.30. The van der Waals surface area contributed by atoms with Crippen LogP contribution in [-0.4, -0.2) is 18.4 Å². The van der Waals surface area contributed by atoms with E-state index in [1.807, 2.05) is 12.3 Å². The van der Waals surface area contributed by atoms with Crippen LogP contribution < -0.4 is 9.47 Å². The van der Waals surface area contributed by atoms with E-state index < -0.39 is 0 Å². The molecule has 1 heterocycles. The molecule has 94 valence electrons. The molecule has 0 saturated carbocycles. The fraction of sp³-hybridized carbons (Fsp3) is 0.231. The normalized spacial score (nSPS) is 10.1. The third kappa shape index (κ3) is 2.68. The van der Waals surface area contributed by atoms with Crippen molar-refractivity contribution in [3.8, 4) is 11.5 Å². The lowest BCUT2D eigenvalue weighted by atomic mass is 10.2. The molecule has 1 aromatic carbocycles. The Hall–Kier alpha value is -1.88. The number of aldehydes is 1. The van der Waals surface area contributed by atoms with Crippen molar-refractivity contribution in [1.29, 1.82) is 0 Å². The summed E-state index contributed by atoms with van der Waals surface area (Å²) in [5.41, 5.74) is 1.44. The average molecular weight is 263 g/mol. The molecule has 0 spiro atoms. The van der Waals surface area contributed by atoms with E-state index in [1.165, 1.54) is 11.3 Å². The second kappa shape index (κ2) is 5.64. The molecule has 5 heteroatoms. The number of ether oxygens (including phenoxy) is 2. The van der Waals surface area contributed by atoms with Crippen LogP contribution in [-0.2, 0) is 6.61 Å². The van der Waals surface area contributed by atoms with Crippen molar-refractivity contribution in [3.63, 3.8) is 0 Å². The molecule has 2 aromatic rings. The second-order valence-corrected chi connectivity index (χ2v) is 4.61. The first-order chi connectivity index (χ1) is 8.74. The van der Waals surface area contributed by atoms with Gasteiger partial charge in [0.15, 0.2) is 17.8 Å². The first kappa shape index (κ1) is 12.6. The summed E-state index contributed by atoms with van der Waals surface area (Å²) < 4.78 is 10.8. The molecule has 0 radical (unpaired) electrons. The van der Waals surface area contributed by atoms with Crippen molar-refractivity contribution in [1.82, 2.24) is 4.98 Å². The van der Waals surface area contributed by atoms with Crippen LogP contribution in [0.4, 0.5) is 0 Å². The minimum absolute atomic E-state index is 0.333. The zero-order chi connectivity index (χ0) is 13.0. The van der Waals surface area contributed by atoms with Crippen molar-refractivity contribution >= 4 is 17.6 Å². The Morgan fingerprint density at radius 2 is 2.28 bits per heavy atom. The van der Waals surface area contributed by atoms with Crippen molar-refractivity contribution in [2.75, 3.05) is 7.11 Å². The molecule has 0 aliphatic heterocycles. The molecule has 18 heavy (non-hydrogen) atoms. The first-order valence-electron chi connectivity index (χ1n) is 5.40. The topological polar surface area (TPSA) is 48.4 Å². The van der Waals surface area contributed by atoms with Crippen LogP contribution in [0.2, 0.25) is 0 Å². The van der Waals surface area contributed by atoms with Gasteiger partial charge in [0, 0.05) is 11.1 Å². The van der Waals surface area contributed by atoms with E-state index in [0.717, 1.165) is 17.0 Å². The van der Waals surface area contributed by atoms with Crippen LogP contribution in [0.3, 0.4) is 0 Å². The Bertz CT molecular complexity index is 551. The van der Waals surface area contributed by atoms with Crippen LogP contribution >= 0.6 is 11.3 Å². The highest BCUT2D eigenvalue weighted by atomic mass is 32.1. The van der Waals surface area contributed by atoms with Crippen molar-refractivity contribution in [2.24, 2.45) is 0 Å². The summed E-state index contributed by atoms with van der Waals surface area (Å²) in [7, 11) is 1.55. The average Bonchev–Trinajstić information content (AvgIpc) is 2.81. The van der Waals surface area contributed by atoms with Gasteiger partial charge < -0.3 is 9.47 Å². The molecule has 1 aromatic heterocycles. The molecule has 0 saturated heterocycles. The van der Waals surface area contributed by atoms with Gasteiger partial charge in [-0.3, -0.25) is 4.79 Å². The van der Waals surface area contributed by atoms with Gasteiger partial charge in [-0.1, -0.05) is 6.07 Å². The Balaban J connectivity index is 2.19. The Morgan fingerprint density at radius 3 is 2.89 bits per heavy atom. The molecular formula is C13H13NO3S. The van der Waals surface area contributed by atoms with E-state index >= 15 is 0 Å². The molecule has 4 nitrogen and oxygen atoms in total. The smallest absolute Gasteiger partial charge is 0.172 e. The standard InChI is InChI=1S/C13H13NO3S/c1-9-8-18-12(14-9)7-17-13-10(6-15)4-3-5-11(13)16-2/h3-6,8H,7H2,1-2H3. The fourth-order valence-corrected chi connectivity index (χ4v) is 2.23. The van der Waals surface area contributed by atoms with E-state index in [0.29, 0.717) is 23.7 Å². The second-order valence-electron chi connectivity index (χ2n) is 3.67. The summed E-state index contributed by atoms with van der Waals surface area (Å²) in [6.45, 7) is 2.26. The fourth-order valence-electron chi connectivity index (χ4n) is 1.54. The number of carbonyl (C=O) groups excluding carboxylic acids is 1. The number of para-hydroxylation sites is 1. The number of aryl methyl sites for hydroxylation is 1. The van der Waals surface area contributed by atoms with Crippen LogP contribution in [0, 0.1) is 6.92 Å². The van der Waals surface area contributed by atoms with Gasteiger partial charge in [-0.25, -0.2) is 4.98 Å². The molecule has 0 N–H and O–H groups in total. The molecule has 0 unspecified atom stereocenters. The number of nitrogens with zero attached hydrogens (tertiary/aromatic N) is 1. The molecule has 0 amide bonds. The minimum atomic E-state index is 0.333. The van der Waals surface area contributed by atoms with Gasteiger partial charge >= 0.3 is 0 Å². The molecular weight excluding hydrogens is 250 g/mol.